The fourth-order valence-electron chi connectivity index (χ4n) is 4.83. The van der Waals surface area contributed by atoms with Crippen molar-refractivity contribution in [2.45, 2.75) is 70.0 Å². The number of nitrogens with two attached hydrogens (primary N) is 1. The maximum atomic E-state index is 14.2. The third-order valence-corrected chi connectivity index (χ3v) is 8.67. The Kier molecular flexibility index (Phi) is 10.9. The van der Waals surface area contributed by atoms with Crippen LogP contribution in [0.4, 0.5) is 5.82 Å². The van der Waals surface area contributed by atoms with Gasteiger partial charge in [-0.25, -0.2) is 14.1 Å². The Balaban J connectivity index is 1.54. The number of carbonyl (C=O) groups excluding carboxylic acids is 2. The minimum atomic E-state index is -4.35. The van der Waals surface area contributed by atoms with E-state index in [9.17, 15) is 24.4 Å². The number of aromatic nitrogens is 3. The third kappa shape index (κ3) is 7.92. The summed E-state index contributed by atoms with van der Waals surface area (Å²) in [6.45, 7) is 4.56. The highest BCUT2D eigenvalue weighted by atomic mass is 31.2. The predicted octanol–water partition coefficient (Wildman–Crippen LogP) is 1.89. The average molecular weight is 635 g/mol. The summed E-state index contributed by atoms with van der Waals surface area (Å²) < 4.78 is 38.6. The van der Waals surface area contributed by atoms with Gasteiger partial charge >= 0.3 is 13.7 Å². The van der Waals surface area contributed by atoms with E-state index in [1.54, 1.807) is 49.4 Å². The smallest absolute Gasteiger partial charge is 0.459 e. The Morgan fingerprint density at radius 2 is 1.95 bits per heavy atom. The van der Waals surface area contributed by atoms with Gasteiger partial charge < -0.3 is 35.3 Å². The van der Waals surface area contributed by atoms with Crippen LogP contribution < -0.4 is 20.7 Å². The van der Waals surface area contributed by atoms with E-state index in [4.69, 9.17) is 24.3 Å². The quantitative estimate of drug-likeness (QED) is 0.0920. The van der Waals surface area contributed by atoms with Crippen molar-refractivity contribution in [1.29, 1.82) is 0 Å². The van der Waals surface area contributed by atoms with E-state index in [1.165, 1.54) is 24.7 Å². The minimum absolute atomic E-state index is 0.0932. The fourth-order valence-corrected chi connectivity index (χ4v) is 6.45. The van der Waals surface area contributed by atoms with Gasteiger partial charge in [0.1, 0.15) is 47.5 Å². The molecule has 1 unspecified atom stereocenters. The SMILES string of the molecule is CCOC(=O)[C@H](CCCCNC(C)=O)NP(=O)(OC[C@@]1(C)O[C@@H](c2ccc3c(N)ncnn23)[C@H](O)[C@@H]1O)Oc1ccccc1. The molecule has 4 rings (SSSR count). The van der Waals surface area contributed by atoms with E-state index >= 15 is 0 Å². The van der Waals surface area contributed by atoms with E-state index < -0.39 is 50.3 Å². The zero-order valence-corrected chi connectivity index (χ0v) is 25.7. The molecular weight excluding hydrogens is 595 g/mol. The molecule has 3 heterocycles. The molecule has 2 aromatic heterocycles. The Labute approximate surface area is 254 Å². The number of hydrogen-bond donors (Lipinski definition) is 5. The van der Waals surface area contributed by atoms with E-state index in [1.807, 2.05) is 0 Å². The second kappa shape index (κ2) is 14.5. The number of fused-ring (bicyclic) bond motifs is 1. The second-order valence-corrected chi connectivity index (χ2v) is 12.3. The van der Waals surface area contributed by atoms with Crippen LogP contribution in [0.5, 0.6) is 5.75 Å². The largest absolute Gasteiger partial charge is 0.465 e. The summed E-state index contributed by atoms with van der Waals surface area (Å²) in [7, 11) is -4.35. The van der Waals surface area contributed by atoms with Crippen LogP contribution in [-0.4, -0.2) is 80.3 Å². The number of nitrogens with one attached hydrogen (secondary N) is 2. The molecule has 1 aliphatic heterocycles. The van der Waals surface area contributed by atoms with E-state index in [-0.39, 0.29) is 30.5 Å². The van der Waals surface area contributed by atoms with E-state index in [0.717, 1.165) is 0 Å². The Morgan fingerprint density at radius 3 is 2.66 bits per heavy atom. The molecule has 15 nitrogen and oxygen atoms in total. The van der Waals surface area contributed by atoms with Gasteiger partial charge in [-0.15, -0.1) is 0 Å². The summed E-state index contributed by atoms with van der Waals surface area (Å²) in [4.78, 5) is 28.0. The number of aliphatic hydroxyl groups excluding tert-OH is 2. The molecule has 240 valence electrons. The van der Waals surface area contributed by atoms with Crippen molar-refractivity contribution in [3.63, 3.8) is 0 Å². The molecule has 6 N–H and O–H groups in total. The van der Waals surface area contributed by atoms with Crippen LogP contribution in [0.15, 0.2) is 48.8 Å². The first kappa shape index (κ1) is 33.3. The Hall–Kier alpha value is -3.59. The van der Waals surface area contributed by atoms with Crippen LogP contribution in [0.25, 0.3) is 5.52 Å². The highest BCUT2D eigenvalue weighted by Crippen LogP contribution is 2.48. The number of para-hydroxylation sites is 1. The molecule has 1 aliphatic rings. The average Bonchev–Trinajstić information content (AvgIpc) is 3.52. The molecule has 1 saturated heterocycles. The van der Waals surface area contributed by atoms with Gasteiger partial charge in [-0.3, -0.25) is 14.1 Å². The summed E-state index contributed by atoms with van der Waals surface area (Å²) in [6, 6.07) is 10.5. The molecule has 0 radical (unpaired) electrons. The number of nitrogens with zero attached hydrogens (tertiary/aromatic N) is 3. The van der Waals surface area contributed by atoms with Gasteiger partial charge in [0, 0.05) is 13.5 Å². The number of amides is 1. The normalized spacial score (nSPS) is 23.6. The van der Waals surface area contributed by atoms with Gasteiger partial charge in [0.2, 0.25) is 5.91 Å². The minimum Gasteiger partial charge on any atom is -0.465 e. The second-order valence-electron chi connectivity index (χ2n) is 10.6. The van der Waals surface area contributed by atoms with Crippen LogP contribution in [-0.2, 0) is 28.2 Å². The van der Waals surface area contributed by atoms with Crippen LogP contribution >= 0.6 is 7.75 Å². The lowest BCUT2D eigenvalue weighted by Gasteiger charge is -2.30. The fraction of sp³-hybridized carbons (Fsp3) is 0.500. The lowest BCUT2D eigenvalue weighted by molar-refractivity contribution is -0.145. The predicted molar refractivity (Wildman–Crippen MR) is 158 cm³/mol. The van der Waals surface area contributed by atoms with Crippen LogP contribution in [0, 0.1) is 0 Å². The lowest BCUT2D eigenvalue weighted by Crippen LogP contribution is -2.45. The first-order valence-electron chi connectivity index (χ1n) is 14.3. The third-order valence-electron chi connectivity index (χ3n) is 7.13. The maximum Gasteiger partial charge on any atom is 0.459 e. The summed E-state index contributed by atoms with van der Waals surface area (Å²) in [6.07, 6.45) is -1.43. The van der Waals surface area contributed by atoms with Gasteiger partial charge in [-0.2, -0.15) is 10.2 Å². The van der Waals surface area contributed by atoms with Crippen molar-refractivity contribution in [1.82, 2.24) is 25.0 Å². The monoisotopic (exact) mass is 634 g/mol. The molecule has 0 bridgehead atoms. The number of unbranched alkanes of at least 4 members (excludes halogenated alkanes) is 1. The molecule has 1 aromatic carbocycles. The number of aliphatic hydroxyl groups is 2. The molecule has 0 spiro atoms. The molecule has 1 amide bonds. The topological polar surface area (TPSA) is 209 Å². The van der Waals surface area contributed by atoms with Crippen molar-refractivity contribution in [2.24, 2.45) is 0 Å². The summed E-state index contributed by atoms with van der Waals surface area (Å²) in [5.74, 6) is -0.405. The van der Waals surface area contributed by atoms with Gasteiger partial charge in [0.05, 0.1) is 18.9 Å². The Bertz CT molecular complexity index is 1470. The molecule has 6 atom stereocenters. The van der Waals surface area contributed by atoms with Crippen LogP contribution in [0.3, 0.4) is 0 Å². The highest BCUT2D eigenvalue weighted by Gasteiger charge is 2.54. The molecule has 16 heteroatoms. The van der Waals surface area contributed by atoms with E-state index in [0.29, 0.717) is 30.6 Å². The van der Waals surface area contributed by atoms with Gasteiger partial charge in [-0.1, -0.05) is 18.2 Å². The van der Waals surface area contributed by atoms with Gasteiger partial charge in [0.15, 0.2) is 5.82 Å². The summed E-state index contributed by atoms with van der Waals surface area (Å²) in [5.41, 5.74) is 5.27. The lowest BCUT2D eigenvalue weighted by atomic mass is 9.97. The first-order valence-corrected chi connectivity index (χ1v) is 15.8. The number of nitrogen functional groups attached to an aromatic ring is 1. The molecule has 0 aliphatic carbocycles. The number of esters is 1. The number of carbonyl (C=O) groups is 2. The molecule has 3 aromatic rings. The first-order chi connectivity index (χ1) is 21.0. The zero-order chi connectivity index (χ0) is 31.9. The van der Waals surface area contributed by atoms with Crippen molar-refractivity contribution in [2.75, 3.05) is 25.5 Å². The summed E-state index contributed by atoms with van der Waals surface area (Å²) >= 11 is 0. The molecular formula is C28H39N6O9P. The Morgan fingerprint density at radius 1 is 1.20 bits per heavy atom. The zero-order valence-electron chi connectivity index (χ0n) is 24.8. The van der Waals surface area contributed by atoms with Crippen molar-refractivity contribution in [3.8, 4) is 5.75 Å². The van der Waals surface area contributed by atoms with Crippen LogP contribution in [0.1, 0.15) is 51.8 Å². The molecule has 1 fully saturated rings. The number of anilines is 1. The van der Waals surface area contributed by atoms with Crippen molar-refractivity contribution in [3.05, 3.63) is 54.5 Å². The number of ether oxygens (including phenoxy) is 2. The number of rotatable bonds is 15. The molecule has 44 heavy (non-hydrogen) atoms. The highest BCUT2D eigenvalue weighted by molar-refractivity contribution is 7.52. The van der Waals surface area contributed by atoms with Gasteiger partial charge in [-0.05, 0) is 57.4 Å². The summed E-state index contributed by atoms with van der Waals surface area (Å²) in [5, 5.41) is 31.6. The maximum absolute atomic E-state index is 14.2. The molecule has 0 saturated carbocycles. The van der Waals surface area contributed by atoms with Crippen LogP contribution in [0.2, 0.25) is 0 Å². The number of hydrogen-bond acceptors (Lipinski definition) is 12. The van der Waals surface area contributed by atoms with Crippen molar-refractivity contribution < 1.29 is 42.9 Å². The van der Waals surface area contributed by atoms with E-state index in [2.05, 4.69) is 20.5 Å². The standard InChI is InChI=1S/C28H39N6O9P/c1-4-40-27(38)20(12-8-9-15-30-18(2)35)33-44(39,43-19-10-6-5-7-11-19)41-16-28(3)25(37)23(36)24(42-28)21-13-14-22-26(29)31-17-32-34(21)22/h5-7,10-11,13-14,17,20,23-25,36-37H,4,8-9,12,15-16H2,1-3H3,(H,30,35)(H,33,39)(H2,29,31,32)/t20-,23-,24-,25-,28+,44?/m0/s1. The number of benzene rings is 1. The van der Waals surface area contributed by atoms with Crippen molar-refractivity contribution >= 4 is 31.0 Å². The van der Waals surface area contributed by atoms with Gasteiger partial charge in [0.25, 0.3) is 0 Å².